The van der Waals surface area contributed by atoms with Crippen LogP contribution >= 0.6 is 0 Å². The summed E-state index contributed by atoms with van der Waals surface area (Å²) in [4.78, 5) is 4.30. The lowest BCUT2D eigenvalue weighted by molar-refractivity contribution is 0.621. The predicted molar refractivity (Wildman–Crippen MR) is 68.4 cm³/mol. The van der Waals surface area contributed by atoms with E-state index in [4.69, 9.17) is 4.42 Å². The predicted octanol–water partition coefficient (Wildman–Crippen LogP) is 4.02. The van der Waals surface area contributed by atoms with Crippen LogP contribution in [0.25, 0.3) is 11.1 Å². The van der Waals surface area contributed by atoms with E-state index < -0.39 is 0 Å². The first-order chi connectivity index (χ1) is 8.70. The van der Waals surface area contributed by atoms with Gasteiger partial charge in [-0.3, -0.25) is 0 Å². The van der Waals surface area contributed by atoms with Gasteiger partial charge in [-0.2, -0.15) is 4.98 Å². The number of fused-ring (bicyclic) bond motifs is 1. The highest BCUT2D eigenvalue weighted by atomic mass is 19.1. The number of halogens is 1. The van der Waals surface area contributed by atoms with Crippen LogP contribution in [0.1, 0.15) is 5.56 Å². The quantitative estimate of drug-likeness (QED) is 0.737. The van der Waals surface area contributed by atoms with Crippen LogP contribution in [0.15, 0.2) is 46.9 Å². The Balaban J connectivity index is 1.92. The van der Waals surface area contributed by atoms with Crippen molar-refractivity contribution in [1.29, 1.82) is 0 Å². The molecule has 90 valence electrons. The Morgan fingerprint density at radius 1 is 1.11 bits per heavy atom. The first-order valence-corrected chi connectivity index (χ1v) is 5.60. The number of benzene rings is 2. The normalized spacial score (nSPS) is 10.8. The van der Waals surface area contributed by atoms with Gasteiger partial charge in [-0.25, -0.2) is 4.39 Å². The van der Waals surface area contributed by atoms with Gasteiger partial charge in [-0.05, 0) is 48.9 Å². The Bertz CT molecular complexity index is 689. The fourth-order valence-electron chi connectivity index (χ4n) is 1.74. The third-order valence-corrected chi connectivity index (χ3v) is 2.64. The van der Waals surface area contributed by atoms with Crippen LogP contribution < -0.4 is 5.32 Å². The summed E-state index contributed by atoms with van der Waals surface area (Å²) in [5.74, 6) is -0.270. The molecular formula is C14H11FN2O. The maximum Gasteiger partial charge on any atom is 0.300 e. The minimum atomic E-state index is -0.270. The molecule has 0 aliphatic carbocycles. The summed E-state index contributed by atoms with van der Waals surface area (Å²) < 4.78 is 18.3. The minimum absolute atomic E-state index is 0.270. The first-order valence-electron chi connectivity index (χ1n) is 5.60. The van der Waals surface area contributed by atoms with Crippen LogP contribution in [0.2, 0.25) is 0 Å². The van der Waals surface area contributed by atoms with Gasteiger partial charge in [0.2, 0.25) is 0 Å². The van der Waals surface area contributed by atoms with E-state index in [0.717, 1.165) is 22.4 Å². The van der Waals surface area contributed by atoms with Gasteiger partial charge in [0.05, 0.1) is 0 Å². The molecule has 0 spiro atoms. The average Bonchev–Trinajstić information content (AvgIpc) is 2.73. The zero-order valence-corrected chi connectivity index (χ0v) is 9.77. The van der Waals surface area contributed by atoms with E-state index in [-0.39, 0.29) is 5.82 Å². The summed E-state index contributed by atoms with van der Waals surface area (Å²) in [5.41, 5.74) is 3.39. The molecule has 0 amide bonds. The van der Waals surface area contributed by atoms with Crippen LogP contribution in [0.5, 0.6) is 0 Å². The number of rotatable bonds is 2. The Morgan fingerprint density at radius 3 is 2.67 bits per heavy atom. The van der Waals surface area contributed by atoms with Crippen molar-refractivity contribution in [3.8, 4) is 0 Å². The lowest BCUT2D eigenvalue weighted by Crippen LogP contribution is -1.89. The highest BCUT2D eigenvalue weighted by molar-refractivity contribution is 5.76. The molecule has 0 aliphatic heterocycles. The summed E-state index contributed by atoms with van der Waals surface area (Å²) in [6.07, 6.45) is 0. The van der Waals surface area contributed by atoms with Crippen molar-refractivity contribution in [3.63, 3.8) is 0 Å². The van der Waals surface area contributed by atoms with Crippen LogP contribution in [0, 0.1) is 12.7 Å². The number of aryl methyl sites for hydroxylation is 1. The van der Waals surface area contributed by atoms with Gasteiger partial charge in [-0.1, -0.05) is 6.07 Å². The second-order valence-corrected chi connectivity index (χ2v) is 4.12. The smallest absolute Gasteiger partial charge is 0.300 e. The van der Waals surface area contributed by atoms with Crippen LogP contribution in [0.3, 0.4) is 0 Å². The molecule has 2 aromatic carbocycles. The first kappa shape index (κ1) is 10.8. The van der Waals surface area contributed by atoms with Crippen LogP contribution in [-0.2, 0) is 0 Å². The fraction of sp³-hybridized carbons (Fsp3) is 0.0714. The molecule has 1 aromatic heterocycles. The zero-order valence-electron chi connectivity index (χ0n) is 9.77. The number of anilines is 2. The number of nitrogens with one attached hydrogen (secondary N) is 1. The molecule has 0 bridgehead atoms. The van der Waals surface area contributed by atoms with Gasteiger partial charge in [-0.15, -0.1) is 0 Å². The molecular weight excluding hydrogens is 231 g/mol. The number of hydrogen-bond donors (Lipinski definition) is 1. The van der Waals surface area contributed by atoms with E-state index in [0.29, 0.717) is 6.01 Å². The van der Waals surface area contributed by atoms with Gasteiger partial charge < -0.3 is 9.73 Å². The number of hydrogen-bond acceptors (Lipinski definition) is 3. The molecule has 0 atom stereocenters. The largest absolute Gasteiger partial charge is 0.423 e. The molecule has 0 aliphatic rings. The highest BCUT2D eigenvalue weighted by Gasteiger charge is 2.05. The minimum Gasteiger partial charge on any atom is -0.423 e. The Kier molecular flexibility index (Phi) is 2.48. The second-order valence-electron chi connectivity index (χ2n) is 4.12. The topological polar surface area (TPSA) is 38.1 Å². The third kappa shape index (κ3) is 2.05. The fourth-order valence-corrected chi connectivity index (χ4v) is 1.74. The Hall–Kier alpha value is -2.36. The van der Waals surface area contributed by atoms with E-state index in [1.807, 2.05) is 25.1 Å². The van der Waals surface area contributed by atoms with E-state index >= 15 is 0 Å². The molecule has 3 nitrogen and oxygen atoms in total. The van der Waals surface area contributed by atoms with Crippen LogP contribution in [-0.4, -0.2) is 4.98 Å². The van der Waals surface area contributed by atoms with Gasteiger partial charge in [0.1, 0.15) is 11.3 Å². The standard InChI is InChI=1S/C14H11FN2O/c1-9-2-7-12-13(8-9)18-14(17-12)16-11-5-3-10(15)4-6-11/h2-8H,1H3,(H,16,17). The van der Waals surface area contributed by atoms with Crippen molar-refractivity contribution >= 4 is 22.8 Å². The zero-order chi connectivity index (χ0) is 12.5. The summed E-state index contributed by atoms with van der Waals surface area (Å²) >= 11 is 0. The molecule has 0 saturated carbocycles. The number of nitrogens with zero attached hydrogens (tertiary/aromatic N) is 1. The average molecular weight is 242 g/mol. The highest BCUT2D eigenvalue weighted by Crippen LogP contribution is 2.22. The summed E-state index contributed by atoms with van der Waals surface area (Å²) in [7, 11) is 0. The van der Waals surface area contributed by atoms with Crippen LogP contribution in [0.4, 0.5) is 16.1 Å². The van der Waals surface area contributed by atoms with Crippen molar-refractivity contribution in [2.75, 3.05) is 5.32 Å². The van der Waals surface area contributed by atoms with Gasteiger partial charge >= 0.3 is 0 Å². The van der Waals surface area contributed by atoms with Gasteiger partial charge in [0.15, 0.2) is 5.58 Å². The van der Waals surface area contributed by atoms with E-state index in [2.05, 4.69) is 10.3 Å². The molecule has 0 radical (unpaired) electrons. The van der Waals surface area contributed by atoms with Crippen molar-refractivity contribution < 1.29 is 8.81 Å². The van der Waals surface area contributed by atoms with Crippen molar-refractivity contribution in [2.45, 2.75) is 6.92 Å². The lowest BCUT2D eigenvalue weighted by atomic mass is 10.2. The summed E-state index contributed by atoms with van der Waals surface area (Å²) in [5, 5.41) is 3.00. The molecule has 0 unspecified atom stereocenters. The number of aromatic nitrogens is 1. The monoisotopic (exact) mass is 242 g/mol. The molecule has 4 heteroatoms. The molecule has 18 heavy (non-hydrogen) atoms. The Labute approximate surface area is 103 Å². The SMILES string of the molecule is Cc1ccc2nc(Nc3ccc(F)cc3)oc2c1. The maximum absolute atomic E-state index is 12.8. The van der Waals surface area contributed by atoms with Gasteiger partial charge in [0.25, 0.3) is 6.01 Å². The van der Waals surface area contributed by atoms with Gasteiger partial charge in [0, 0.05) is 5.69 Å². The maximum atomic E-state index is 12.8. The summed E-state index contributed by atoms with van der Waals surface area (Å²) in [6, 6.07) is 12.3. The molecule has 3 aromatic rings. The van der Waals surface area contributed by atoms with E-state index in [1.54, 1.807) is 12.1 Å². The molecule has 1 heterocycles. The third-order valence-electron chi connectivity index (χ3n) is 2.64. The molecule has 3 rings (SSSR count). The van der Waals surface area contributed by atoms with E-state index in [9.17, 15) is 4.39 Å². The van der Waals surface area contributed by atoms with E-state index in [1.165, 1.54) is 12.1 Å². The molecule has 0 fully saturated rings. The Morgan fingerprint density at radius 2 is 1.89 bits per heavy atom. The van der Waals surface area contributed by atoms with Crippen molar-refractivity contribution in [2.24, 2.45) is 0 Å². The van der Waals surface area contributed by atoms with Crippen molar-refractivity contribution in [1.82, 2.24) is 4.98 Å². The summed E-state index contributed by atoms with van der Waals surface area (Å²) in [6.45, 7) is 2.00. The molecule has 0 saturated heterocycles. The lowest BCUT2D eigenvalue weighted by Gasteiger charge is -1.99. The second kappa shape index (κ2) is 4.14. The van der Waals surface area contributed by atoms with Crippen molar-refractivity contribution in [3.05, 3.63) is 53.8 Å². The number of oxazole rings is 1. The molecule has 1 N–H and O–H groups in total.